The average Bonchev–Trinajstić information content (AvgIpc) is 1.71. The molecule has 3 amide bonds. The van der Waals surface area contributed by atoms with Gasteiger partial charge in [0.05, 0.1) is 142 Å². The fraction of sp³-hybridized carbons (Fsp3) is 0.644. The lowest BCUT2D eigenvalue weighted by atomic mass is 9.80. The summed E-state index contributed by atoms with van der Waals surface area (Å²) in [6.07, 6.45) is 9.27. The molecule has 0 unspecified atom stereocenters. The van der Waals surface area contributed by atoms with Gasteiger partial charge in [0.25, 0.3) is 17.7 Å². The molecular formula is C90H133N11O24. The van der Waals surface area contributed by atoms with Gasteiger partial charge in [-0.1, -0.05) is 88.4 Å². The van der Waals surface area contributed by atoms with Crippen LogP contribution in [0, 0.1) is 29.6 Å². The Balaban J connectivity index is 0.595. The highest BCUT2D eigenvalue weighted by Gasteiger charge is 2.53. The zero-order chi connectivity index (χ0) is 89.8. The molecule has 125 heavy (non-hydrogen) atoms. The average molecular weight is 1750 g/mol. The Morgan fingerprint density at radius 1 is 0.688 bits per heavy atom. The number of alkyl carbamates (subject to hydrolysis) is 1. The van der Waals surface area contributed by atoms with Gasteiger partial charge in [-0.05, 0) is 130 Å². The number of nitrogen functional groups attached to an aromatic ring is 2. The summed E-state index contributed by atoms with van der Waals surface area (Å²) in [4.78, 5) is 97.3. The maximum atomic E-state index is 14.7. The van der Waals surface area contributed by atoms with Crippen LogP contribution in [0.2, 0.25) is 0 Å². The van der Waals surface area contributed by atoms with Gasteiger partial charge in [-0.15, -0.1) is 0 Å². The second kappa shape index (κ2) is 52.0. The summed E-state index contributed by atoms with van der Waals surface area (Å²) < 4.78 is 87.8. The van der Waals surface area contributed by atoms with Gasteiger partial charge in [-0.3, -0.25) is 19.2 Å². The van der Waals surface area contributed by atoms with Crippen LogP contribution in [0.5, 0.6) is 0 Å². The Kier molecular flexibility index (Phi) is 41.7. The smallest absolute Gasteiger partial charge is 0.407 e. The molecule has 4 aliphatic rings. The predicted octanol–water partition coefficient (Wildman–Crippen LogP) is 7.40. The number of carbonyl (C=O) groups excluding carboxylic acids is 6. The van der Waals surface area contributed by atoms with Gasteiger partial charge in [0, 0.05) is 89.6 Å². The number of aliphatic hydroxyl groups is 3. The Morgan fingerprint density at radius 3 is 1.98 bits per heavy atom. The van der Waals surface area contributed by atoms with Crippen molar-refractivity contribution in [1.82, 2.24) is 40.3 Å². The molecule has 6 heterocycles. The molecule has 2 saturated heterocycles. The predicted molar refractivity (Wildman–Crippen MR) is 463 cm³/mol. The Hall–Kier alpha value is -8.60. The van der Waals surface area contributed by atoms with Crippen LogP contribution >= 0.6 is 0 Å². The number of ether oxygens (including phenoxy) is 14. The molecule has 0 spiro atoms. The van der Waals surface area contributed by atoms with Crippen molar-refractivity contribution in [3.63, 3.8) is 0 Å². The van der Waals surface area contributed by atoms with E-state index in [1.165, 1.54) is 20.5 Å². The molecule has 35 heteroatoms. The monoisotopic (exact) mass is 1750 g/mol. The van der Waals surface area contributed by atoms with Crippen molar-refractivity contribution >= 4 is 69.4 Å². The summed E-state index contributed by atoms with van der Waals surface area (Å²) in [5.41, 5.74) is 25.4. The van der Waals surface area contributed by atoms with Gasteiger partial charge >= 0.3 is 12.1 Å². The highest BCUT2D eigenvalue weighted by atomic mass is 16.6. The quantitative estimate of drug-likeness (QED) is 0.00822. The number of nitrogens with two attached hydrogens (primary N) is 3. The van der Waals surface area contributed by atoms with E-state index in [-0.39, 0.29) is 94.6 Å². The minimum Gasteiger partial charge on any atom is -0.459 e. The molecule has 3 fully saturated rings. The van der Waals surface area contributed by atoms with Crippen molar-refractivity contribution < 1.29 is 115 Å². The van der Waals surface area contributed by atoms with E-state index in [9.17, 15) is 44.1 Å². The number of hydrogen-bond acceptors (Lipinski definition) is 31. The van der Waals surface area contributed by atoms with Crippen LogP contribution in [0.3, 0.4) is 0 Å². The molecule has 692 valence electrons. The van der Waals surface area contributed by atoms with E-state index in [1.54, 1.807) is 51.6 Å². The van der Waals surface area contributed by atoms with Gasteiger partial charge in [0.1, 0.15) is 53.8 Å². The maximum absolute atomic E-state index is 14.7. The minimum absolute atomic E-state index is 0.0181. The van der Waals surface area contributed by atoms with Crippen molar-refractivity contribution in [3.8, 4) is 11.3 Å². The number of aliphatic hydroxyl groups excluding tert-OH is 2. The third-order valence-electron chi connectivity index (χ3n) is 23.3. The number of allylic oxidation sites excluding steroid dienone is 5. The maximum Gasteiger partial charge on any atom is 0.407 e. The van der Waals surface area contributed by atoms with E-state index in [0.717, 1.165) is 27.2 Å². The number of anilines is 2. The molecule has 3 aliphatic heterocycles. The largest absolute Gasteiger partial charge is 0.459 e. The molecule has 1 saturated carbocycles. The number of ketones is 2. The number of amides is 3. The lowest BCUT2D eigenvalue weighted by Gasteiger charge is -2.42. The molecule has 3 aromatic heterocycles. The Labute approximate surface area is 731 Å². The highest BCUT2D eigenvalue weighted by Crippen LogP contribution is 2.39. The minimum atomic E-state index is -2.49. The summed E-state index contributed by atoms with van der Waals surface area (Å²) in [5, 5.41) is 47.0. The number of esters is 1. The number of piperidine rings is 1. The lowest BCUT2D eigenvalue weighted by Crippen LogP contribution is -2.61. The number of benzene rings is 2. The number of fused-ring (bicyclic) bond motifs is 5. The van der Waals surface area contributed by atoms with Crippen molar-refractivity contribution in [1.29, 1.82) is 0 Å². The van der Waals surface area contributed by atoms with E-state index in [4.69, 9.17) is 93.0 Å². The Morgan fingerprint density at radius 2 is 1.34 bits per heavy atom. The molecule has 0 radical (unpaired) electrons. The third kappa shape index (κ3) is 30.8. The number of methoxy groups -OCH3 is 3. The molecule has 16 atom stereocenters. The normalized spacial score (nSPS) is 27.2. The summed E-state index contributed by atoms with van der Waals surface area (Å²) in [6, 6.07) is 11.3. The fourth-order valence-corrected chi connectivity index (χ4v) is 16.0. The molecule has 35 nitrogen and oxygen atoms in total. The number of nitrogens with one attached hydrogen (secondary N) is 2. The van der Waals surface area contributed by atoms with Crippen molar-refractivity contribution in [2.24, 2.45) is 35.3 Å². The molecular weight excluding hydrogens is 1620 g/mol. The van der Waals surface area contributed by atoms with Crippen LogP contribution in [0.25, 0.3) is 33.4 Å². The SMILES string of the molecule is CO[C@H]1C[C@@H]2CC[C@@H](C)[C@@](O)(O2)C(=O)C(=O)N2CCCC[C@H]2C(=O)O[C@H]([C@H](N)C[C@@H]2CC[C@@H](OC(=O)NCCOCCOCCOCCOCCOCCOCCOCCOCCC(=O)NCc3ccc(Cn4nc(-c5ccc6oc(N)nc6c5)c5c(N)ncnc54)cc3)[C@H](OC)C2)C[C@@H](O)[C@H](C)/C=C(\C)[C@@H](O)[C@@H](OC)C(=O)[C@H](C)C[C@H](C)/C=C/C=C/C=C/1C. The number of cyclic esters (lactones) is 1. The Bertz CT molecular complexity index is 4310. The first-order valence-electron chi connectivity index (χ1n) is 43.7. The third-order valence-corrected chi connectivity index (χ3v) is 23.3. The lowest BCUT2D eigenvalue weighted by molar-refractivity contribution is -0.265. The van der Waals surface area contributed by atoms with Crippen molar-refractivity contribution in [2.45, 2.75) is 205 Å². The van der Waals surface area contributed by atoms with Gasteiger partial charge in [0.15, 0.2) is 17.0 Å². The fourth-order valence-electron chi connectivity index (χ4n) is 16.0. The molecule has 2 aromatic carbocycles. The molecule has 2 bridgehead atoms. The first-order valence-corrected chi connectivity index (χ1v) is 43.7. The number of hydrogen-bond donors (Lipinski definition) is 8. The van der Waals surface area contributed by atoms with Crippen molar-refractivity contribution in [2.75, 3.05) is 152 Å². The first-order chi connectivity index (χ1) is 60.3. The van der Waals surface area contributed by atoms with Crippen LogP contribution in [0.15, 0.2) is 101 Å². The van der Waals surface area contributed by atoms with E-state index < -0.39 is 108 Å². The molecule has 5 aromatic rings. The number of Topliss-reactive ketones (excluding diaryl/α,β-unsaturated/α-hetero) is 2. The molecule has 1 aliphatic carbocycles. The van der Waals surface area contributed by atoms with Gasteiger partial charge in [0.2, 0.25) is 11.7 Å². The van der Waals surface area contributed by atoms with Gasteiger partial charge in [-0.2, -0.15) is 10.1 Å². The number of aromatic nitrogens is 5. The van der Waals surface area contributed by atoms with Crippen LogP contribution < -0.4 is 27.8 Å². The summed E-state index contributed by atoms with van der Waals surface area (Å²) >= 11 is 0. The molecule has 9 rings (SSSR count). The van der Waals surface area contributed by atoms with E-state index in [1.807, 2.05) is 80.6 Å². The number of carbonyl (C=O) groups is 6. The number of nitrogens with zero attached hydrogens (tertiary/aromatic N) is 6. The van der Waals surface area contributed by atoms with E-state index in [2.05, 4.69) is 25.6 Å². The first kappa shape index (κ1) is 100. The van der Waals surface area contributed by atoms with Crippen LogP contribution in [-0.2, 0) is 103 Å². The summed E-state index contributed by atoms with van der Waals surface area (Å²) in [6.45, 7) is 17.4. The van der Waals surface area contributed by atoms with Gasteiger partial charge in [-0.25, -0.2) is 24.2 Å². The van der Waals surface area contributed by atoms with E-state index in [0.29, 0.717) is 190 Å². The standard InChI is InChI=1S/C90H133N11O24/c1-57-15-11-10-12-16-58(2)74(111-7)52-67-25-18-62(6)90(110,125-67)83(106)86(107)100-30-14-13-17-70(100)87(108)122-75(53-71(102)59(3)48-61(5)81(105)82(113-9)80(104)60(4)47-57)68(91)49-65-23-26-73(76(50-65)112-8)124-89(109)94-29-32-115-34-36-117-38-40-119-42-44-121-46-45-120-43-41-118-39-37-116-35-33-114-31-28-77(103)95-54-63-19-21-64(22-20-63)55-101-85-78(84(92)96-56-97-85)79(99-101)66-24-27-72-69(51-66)98-88(93)123-72/h10-12,15-16,19-22,24,27,48,51,56-57,59-60,62,65,67-68,70-71,73-76,81-82,102,105,110H,13-14,17-18,23,25-26,28-47,49-50,52-55,91H2,1-9H3,(H2,93,98)(H,94,109)(H,95,103)(H2,92,96,97)/b12-10+,15-11+,58-16+,61-48+/t57-,59-,60-,62-,65+,67+,68-,70+,71-,73-,74+,75+,76-,81-,82+,90-/m1/s1. The number of rotatable bonds is 39. The molecule has 11 N–H and O–H groups in total. The van der Waals surface area contributed by atoms with Gasteiger partial charge < -0.3 is 119 Å². The highest BCUT2D eigenvalue weighted by molar-refractivity contribution is 6.39. The van der Waals surface area contributed by atoms with Crippen LogP contribution in [0.1, 0.15) is 136 Å². The number of oxazole rings is 1. The van der Waals surface area contributed by atoms with Crippen LogP contribution in [0.4, 0.5) is 16.6 Å². The summed E-state index contributed by atoms with van der Waals surface area (Å²) in [7, 11) is 4.47. The zero-order valence-electron chi connectivity index (χ0n) is 73.9. The topological polar surface area (TPSA) is 467 Å². The second-order valence-electron chi connectivity index (χ2n) is 32.7. The van der Waals surface area contributed by atoms with Crippen molar-refractivity contribution in [3.05, 3.63) is 108 Å². The second-order valence-corrected chi connectivity index (χ2v) is 32.7. The van der Waals surface area contributed by atoms with Crippen LogP contribution in [-0.4, -0.2) is 287 Å². The van der Waals surface area contributed by atoms with E-state index >= 15 is 0 Å². The summed E-state index contributed by atoms with van der Waals surface area (Å²) in [5.74, 6) is -7.75. The zero-order valence-corrected chi connectivity index (χ0v) is 73.9.